The van der Waals surface area contributed by atoms with Gasteiger partial charge in [0.2, 0.25) is 0 Å². The average molecular weight is 305 g/mol. The normalized spacial score (nSPS) is 12.2. The van der Waals surface area contributed by atoms with Gasteiger partial charge < -0.3 is 10.4 Å². The van der Waals surface area contributed by atoms with Crippen molar-refractivity contribution in [3.05, 3.63) is 47.0 Å². The molecule has 0 unspecified atom stereocenters. The van der Waals surface area contributed by atoms with Crippen LogP contribution in [-0.2, 0) is 0 Å². The molecule has 1 aromatic heterocycles. The highest BCUT2D eigenvalue weighted by molar-refractivity contribution is 7.15. The standard InChI is InChI=1S/C15H19N3O2S/c1-10(2)13-8-16-15(21-13)18-14(20)17-12(9-19)11-6-4-3-5-7-11/h3-8,10,12,19H,9H2,1-2H3,(H2,16,17,18,20)/t12-/m1/s1. The molecule has 112 valence electrons. The highest BCUT2D eigenvalue weighted by Gasteiger charge is 2.14. The molecular formula is C15H19N3O2S. The van der Waals surface area contributed by atoms with Gasteiger partial charge >= 0.3 is 6.03 Å². The molecule has 0 spiro atoms. The predicted octanol–water partition coefficient (Wildman–Crippen LogP) is 3.12. The van der Waals surface area contributed by atoms with E-state index in [0.717, 1.165) is 10.4 Å². The molecule has 0 aliphatic rings. The van der Waals surface area contributed by atoms with E-state index in [1.807, 2.05) is 30.3 Å². The summed E-state index contributed by atoms with van der Waals surface area (Å²) >= 11 is 1.45. The van der Waals surface area contributed by atoms with Crippen LogP contribution in [0.2, 0.25) is 0 Å². The fraction of sp³-hybridized carbons (Fsp3) is 0.333. The molecule has 1 heterocycles. The number of nitrogens with zero attached hydrogens (tertiary/aromatic N) is 1. The van der Waals surface area contributed by atoms with Crippen molar-refractivity contribution < 1.29 is 9.90 Å². The minimum atomic E-state index is -0.435. The van der Waals surface area contributed by atoms with Crippen molar-refractivity contribution in [2.75, 3.05) is 11.9 Å². The van der Waals surface area contributed by atoms with Gasteiger partial charge in [-0.2, -0.15) is 0 Å². The molecule has 1 aromatic carbocycles. The lowest BCUT2D eigenvalue weighted by Gasteiger charge is -2.16. The molecule has 0 saturated heterocycles. The first-order chi connectivity index (χ1) is 10.1. The first-order valence-corrected chi connectivity index (χ1v) is 7.61. The minimum absolute atomic E-state index is 0.160. The Morgan fingerprint density at radius 2 is 2.05 bits per heavy atom. The number of hydrogen-bond acceptors (Lipinski definition) is 4. The summed E-state index contributed by atoms with van der Waals surface area (Å²) in [6.45, 7) is 4.00. The van der Waals surface area contributed by atoms with E-state index in [-0.39, 0.29) is 12.6 Å². The predicted molar refractivity (Wildman–Crippen MR) is 84.6 cm³/mol. The van der Waals surface area contributed by atoms with Crippen LogP contribution in [0.1, 0.15) is 36.2 Å². The lowest BCUT2D eigenvalue weighted by molar-refractivity contribution is 0.225. The Morgan fingerprint density at radius 3 is 2.62 bits per heavy atom. The van der Waals surface area contributed by atoms with Gasteiger partial charge in [0.15, 0.2) is 5.13 Å². The van der Waals surface area contributed by atoms with Crippen LogP contribution in [-0.4, -0.2) is 22.7 Å². The van der Waals surface area contributed by atoms with Gasteiger partial charge in [0.05, 0.1) is 12.6 Å². The topological polar surface area (TPSA) is 74.2 Å². The number of aliphatic hydroxyl groups is 1. The van der Waals surface area contributed by atoms with E-state index in [4.69, 9.17) is 0 Å². The maximum absolute atomic E-state index is 12.0. The van der Waals surface area contributed by atoms with Crippen LogP contribution in [0.15, 0.2) is 36.5 Å². The van der Waals surface area contributed by atoms with Crippen LogP contribution in [0, 0.1) is 0 Å². The zero-order valence-corrected chi connectivity index (χ0v) is 12.9. The number of aliphatic hydroxyl groups excluding tert-OH is 1. The third-order valence-electron chi connectivity index (χ3n) is 3.00. The second kappa shape index (κ2) is 7.19. The molecule has 0 saturated carbocycles. The van der Waals surface area contributed by atoms with Gasteiger partial charge in [-0.25, -0.2) is 9.78 Å². The van der Waals surface area contributed by atoms with Crippen molar-refractivity contribution in [2.45, 2.75) is 25.8 Å². The molecule has 0 bridgehead atoms. The van der Waals surface area contributed by atoms with Crippen LogP contribution in [0.3, 0.4) is 0 Å². The summed E-state index contributed by atoms with van der Waals surface area (Å²) in [6.07, 6.45) is 1.77. The number of carbonyl (C=O) groups excluding carboxylic acids is 1. The molecule has 6 heteroatoms. The number of rotatable bonds is 5. The summed E-state index contributed by atoms with van der Waals surface area (Å²) < 4.78 is 0. The van der Waals surface area contributed by atoms with Crippen LogP contribution < -0.4 is 10.6 Å². The molecule has 0 radical (unpaired) electrons. The second-order valence-electron chi connectivity index (χ2n) is 4.97. The highest BCUT2D eigenvalue weighted by Crippen LogP contribution is 2.25. The summed E-state index contributed by atoms with van der Waals surface area (Å²) in [5.74, 6) is 0.385. The van der Waals surface area contributed by atoms with E-state index >= 15 is 0 Å². The van der Waals surface area contributed by atoms with E-state index in [0.29, 0.717) is 11.0 Å². The van der Waals surface area contributed by atoms with Crippen molar-refractivity contribution in [1.29, 1.82) is 0 Å². The van der Waals surface area contributed by atoms with Gasteiger partial charge in [-0.1, -0.05) is 44.2 Å². The number of aromatic nitrogens is 1. The maximum atomic E-state index is 12.0. The quantitative estimate of drug-likeness (QED) is 0.794. The number of amides is 2. The van der Waals surface area contributed by atoms with E-state index in [2.05, 4.69) is 29.5 Å². The number of hydrogen-bond donors (Lipinski definition) is 3. The first kappa shape index (κ1) is 15.5. The lowest BCUT2D eigenvalue weighted by atomic mass is 10.1. The lowest BCUT2D eigenvalue weighted by Crippen LogP contribution is -2.34. The number of anilines is 1. The van der Waals surface area contributed by atoms with Crippen molar-refractivity contribution in [3.63, 3.8) is 0 Å². The number of urea groups is 1. The Balaban J connectivity index is 1.96. The minimum Gasteiger partial charge on any atom is -0.394 e. The Bertz CT molecular complexity index is 584. The van der Waals surface area contributed by atoms with Crippen LogP contribution in [0.25, 0.3) is 0 Å². The van der Waals surface area contributed by atoms with Crippen LogP contribution >= 0.6 is 11.3 Å². The molecule has 0 aliphatic heterocycles. The summed E-state index contributed by atoms with van der Waals surface area (Å²) in [4.78, 5) is 17.3. The van der Waals surface area contributed by atoms with Crippen molar-refractivity contribution >= 4 is 22.5 Å². The van der Waals surface area contributed by atoms with Gasteiger partial charge in [-0.15, -0.1) is 11.3 Å². The number of nitrogens with one attached hydrogen (secondary N) is 2. The Hall–Kier alpha value is -1.92. The van der Waals surface area contributed by atoms with Gasteiger partial charge in [-0.3, -0.25) is 5.32 Å². The van der Waals surface area contributed by atoms with Crippen LogP contribution in [0.5, 0.6) is 0 Å². The van der Waals surface area contributed by atoms with Crippen molar-refractivity contribution in [3.8, 4) is 0 Å². The molecule has 2 rings (SSSR count). The fourth-order valence-corrected chi connectivity index (χ4v) is 2.64. The molecule has 2 amide bonds. The summed E-state index contributed by atoms with van der Waals surface area (Å²) in [5.41, 5.74) is 0.858. The molecule has 1 atom stereocenters. The van der Waals surface area contributed by atoms with Crippen molar-refractivity contribution in [2.24, 2.45) is 0 Å². The Morgan fingerprint density at radius 1 is 1.33 bits per heavy atom. The van der Waals surface area contributed by atoms with Gasteiger partial charge in [0.25, 0.3) is 0 Å². The number of thiazole rings is 1. The zero-order valence-electron chi connectivity index (χ0n) is 12.0. The van der Waals surface area contributed by atoms with Gasteiger partial charge in [0.1, 0.15) is 0 Å². The summed E-state index contributed by atoms with van der Waals surface area (Å²) in [6, 6.07) is 8.54. The summed E-state index contributed by atoms with van der Waals surface area (Å²) in [5, 5.41) is 15.4. The molecule has 2 aromatic rings. The molecule has 3 N–H and O–H groups in total. The van der Waals surface area contributed by atoms with Crippen LogP contribution in [0.4, 0.5) is 9.93 Å². The number of carbonyl (C=O) groups is 1. The molecule has 5 nitrogen and oxygen atoms in total. The van der Waals surface area contributed by atoms with E-state index in [1.54, 1.807) is 6.20 Å². The third kappa shape index (κ3) is 4.27. The molecule has 0 fully saturated rings. The van der Waals surface area contributed by atoms with Crippen molar-refractivity contribution in [1.82, 2.24) is 10.3 Å². The van der Waals surface area contributed by atoms with Gasteiger partial charge in [-0.05, 0) is 11.5 Å². The molecule has 21 heavy (non-hydrogen) atoms. The number of benzene rings is 1. The van der Waals surface area contributed by atoms with E-state index in [1.165, 1.54) is 11.3 Å². The molecule has 0 aliphatic carbocycles. The Kier molecular flexibility index (Phi) is 5.30. The van der Waals surface area contributed by atoms with E-state index < -0.39 is 6.04 Å². The largest absolute Gasteiger partial charge is 0.394 e. The average Bonchev–Trinajstić information content (AvgIpc) is 2.94. The monoisotopic (exact) mass is 305 g/mol. The zero-order chi connectivity index (χ0) is 15.2. The SMILES string of the molecule is CC(C)c1cnc(NC(=O)N[C@H](CO)c2ccccc2)s1. The Labute approximate surface area is 128 Å². The molecular weight excluding hydrogens is 286 g/mol. The summed E-state index contributed by atoms with van der Waals surface area (Å²) in [7, 11) is 0. The van der Waals surface area contributed by atoms with E-state index in [9.17, 15) is 9.90 Å². The first-order valence-electron chi connectivity index (χ1n) is 6.79. The van der Waals surface area contributed by atoms with Gasteiger partial charge in [0, 0.05) is 11.1 Å². The smallest absolute Gasteiger partial charge is 0.321 e. The third-order valence-corrected chi connectivity index (χ3v) is 4.22. The second-order valence-corrected chi connectivity index (χ2v) is 6.03. The fourth-order valence-electron chi connectivity index (χ4n) is 1.82. The maximum Gasteiger partial charge on any atom is 0.321 e. The highest BCUT2D eigenvalue weighted by atomic mass is 32.1.